The third-order valence-corrected chi connectivity index (χ3v) is 3.16. The van der Waals surface area contributed by atoms with E-state index >= 15 is 0 Å². The van der Waals surface area contributed by atoms with E-state index in [4.69, 9.17) is 5.11 Å². The summed E-state index contributed by atoms with van der Waals surface area (Å²) in [5, 5.41) is 12.9. The van der Waals surface area contributed by atoms with E-state index in [2.05, 4.69) is 36.1 Å². The van der Waals surface area contributed by atoms with E-state index in [0.29, 0.717) is 5.95 Å². The first kappa shape index (κ1) is 13.3. The highest BCUT2D eigenvalue weighted by molar-refractivity contribution is 5.93. The first-order valence-corrected chi connectivity index (χ1v) is 6.19. The normalized spacial score (nSPS) is 11.5. The van der Waals surface area contributed by atoms with E-state index < -0.39 is 5.97 Å². The summed E-state index contributed by atoms with van der Waals surface area (Å²) in [6.07, 6.45) is 2.59. The Labute approximate surface area is 111 Å². The number of hydrogen-bond acceptors (Lipinski definition) is 4. The lowest BCUT2D eigenvalue weighted by molar-refractivity contribution is 0.0697. The Kier molecular flexibility index (Phi) is 3.38. The van der Waals surface area contributed by atoms with Gasteiger partial charge in [-0.1, -0.05) is 6.92 Å². The largest absolute Gasteiger partial charge is 0.478 e. The molecule has 5 nitrogen and oxygen atoms in total. The predicted molar refractivity (Wildman–Crippen MR) is 74.5 cm³/mol. The van der Waals surface area contributed by atoms with Crippen molar-refractivity contribution in [2.75, 3.05) is 5.32 Å². The fraction of sp³-hybridized carbons (Fsp3) is 0.357. The number of hydrogen-bond donors (Lipinski definition) is 2. The van der Waals surface area contributed by atoms with Gasteiger partial charge in [-0.15, -0.1) is 0 Å². The fourth-order valence-electron chi connectivity index (χ4n) is 1.62. The number of fused-ring (bicyclic) bond motifs is 1. The van der Waals surface area contributed by atoms with Gasteiger partial charge in [0.2, 0.25) is 5.95 Å². The van der Waals surface area contributed by atoms with E-state index in [9.17, 15) is 4.79 Å². The van der Waals surface area contributed by atoms with Gasteiger partial charge in [0, 0.05) is 17.1 Å². The second-order valence-corrected chi connectivity index (χ2v) is 5.13. The molecule has 2 rings (SSSR count). The minimum absolute atomic E-state index is 0.0747. The average molecular weight is 259 g/mol. The minimum Gasteiger partial charge on any atom is -0.478 e. The van der Waals surface area contributed by atoms with Gasteiger partial charge in [-0.05, 0) is 38.5 Å². The van der Waals surface area contributed by atoms with Crippen molar-refractivity contribution in [1.29, 1.82) is 0 Å². The van der Waals surface area contributed by atoms with Crippen LogP contribution >= 0.6 is 0 Å². The summed E-state index contributed by atoms with van der Waals surface area (Å²) in [7, 11) is 0. The number of nitrogens with zero attached hydrogens (tertiary/aromatic N) is 2. The van der Waals surface area contributed by atoms with Gasteiger partial charge in [-0.2, -0.15) is 0 Å². The van der Waals surface area contributed by atoms with Crippen molar-refractivity contribution >= 4 is 22.8 Å². The summed E-state index contributed by atoms with van der Waals surface area (Å²) in [4.78, 5) is 19.5. The van der Waals surface area contributed by atoms with Gasteiger partial charge in [-0.25, -0.2) is 14.8 Å². The SMILES string of the molecule is CCC(C)(C)Nc1ncc2cc(C(=O)O)ccc2n1. The minimum atomic E-state index is -0.948. The lowest BCUT2D eigenvalue weighted by atomic mass is 10.0. The Morgan fingerprint density at radius 2 is 2.16 bits per heavy atom. The smallest absolute Gasteiger partial charge is 0.335 e. The first-order valence-electron chi connectivity index (χ1n) is 6.19. The topological polar surface area (TPSA) is 75.1 Å². The van der Waals surface area contributed by atoms with Crippen LogP contribution in [0.15, 0.2) is 24.4 Å². The summed E-state index contributed by atoms with van der Waals surface area (Å²) < 4.78 is 0. The third-order valence-electron chi connectivity index (χ3n) is 3.16. The van der Waals surface area contributed by atoms with Crippen molar-refractivity contribution in [3.8, 4) is 0 Å². The standard InChI is InChI=1S/C14H17N3O2/c1-4-14(2,3)17-13-15-8-10-7-9(12(18)19)5-6-11(10)16-13/h5-8H,4H2,1-3H3,(H,18,19)(H,15,16,17). The number of anilines is 1. The second kappa shape index (κ2) is 4.84. The van der Waals surface area contributed by atoms with Crippen LogP contribution in [0.3, 0.4) is 0 Å². The van der Waals surface area contributed by atoms with Crippen LogP contribution in [0.4, 0.5) is 5.95 Å². The molecule has 0 bridgehead atoms. The van der Waals surface area contributed by atoms with Crippen LogP contribution in [-0.2, 0) is 0 Å². The zero-order valence-corrected chi connectivity index (χ0v) is 11.3. The van der Waals surface area contributed by atoms with Crippen molar-refractivity contribution in [1.82, 2.24) is 9.97 Å². The Hall–Kier alpha value is -2.17. The molecular weight excluding hydrogens is 242 g/mol. The molecular formula is C14H17N3O2. The lowest BCUT2D eigenvalue weighted by Gasteiger charge is -2.24. The molecule has 0 fully saturated rings. The molecule has 1 heterocycles. The van der Waals surface area contributed by atoms with Gasteiger partial charge in [0.25, 0.3) is 0 Å². The van der Waals surface area contributed by atoms with Crippen LogP contribution in [0, 0.1) is 0 Å². The zero-order valence-electron chi connectivity index (χ0n) is 11.3. The molecule has 100 valence electrons. The number of carbonyl (C=O) groups is 1. The Morgan fingerprint density at radius 1 is 1.42 bits per heavy atom. The predicted octanol–water partition coefficient (Wildman–Crippen LogP) is 2.93. The highest BCUT2D eigenvalue weighted by Gasteiger charge is 2.16. The lowest BCUT2D eigenvalue weighted by Crippen LogP contribution is -2.30. The number of benzene rings is 1. The van der Waals surface area contributed by atoms with Crippen LogP contribution in [0.25, 0.3) is 10.9 Å². The molecule has 19 heavy (non-hydrogen) atoms. The number of carboxylic acid groups (broad SMARTS) is 1. The summed E-state index contributed by atoms with van der Waals surface area (Å²) in [6.45, 7) is 6.25. The van der Waals surface area contributed by atoms with Gasteiger partial charge in [0.15, 0.2) is 0 Å². The molecule has 2 aromatic rings. The molecule has 0 amide bonds. The number of aromatic nitrogens is 2. The van der Waals surface area contributed by atoms with Gasteiger partial charge in [-0.3, -0.25) is 0 Å². The van der Waals surface area contributed by atoms with Gasteiger partial charge in [0.1, 0.15) is 0 Å². The maximum atomic E-state index is 10.9. The summed E-state index contributed by atoms with van der Waals surface area (Å²) in [6, 6.07) is 4.82. The van der Waals surface area contributed by atoms with Crippen molar-refractivity contribution in [3.05, 3.63) is 30.0 Å². The summed E-state index contributed by atoms with van der Waals surface area (Å²) >= 11 is 0. The molecule has 0 aliphatic rings. The number of nitrogens with one attached hydrogen (secondary N) is 1. The van der Waals surface area contributed by atoms with E-state index in [1.54, 1.807) is 24.4 Å². The molecule has 0 saturated heterocycles. The van der Waals surface area contributed by atoms with Crippen molar-refractivity contribution in [2.45, 2.75) is 32.7 Å². The third kappa shape index (κ3) is 2.99. The molecule has 0 saturated carbocycles. The quantitative estimate of drug-likeness (QED) is 0.883. The van der Waals surface area contributed by atoms with Gasteiger partial charge in [0.05, 0.1) is 11.1 Å². The fourth-order valence-corrected chi connectivity index (χ4v) is 1.62. The van der Waals surface area contributed by atoms with Crippen molar-refractivity contribution in [2.24, 2.45) is 0 Å². The molecule has 1 aromatic carbocycles. The second-order valence-electron chi connectivity index (χ2n) is 5.13. The van der Waals surface area contributed by atoms with Crippen LogP contribution in [-0.4, -0.2) is 26.6 Å². The van der Waals surface area contributed by atoms with Crippen molar-refractivity contribution < 1.29 is 9.90 Å². The van der Waals surface area contributed by atoms with Gasteiger partial charge >= 0.3 is 5.97 Å². The van der Waals surface area contributed by atoms with Crippen LogP contribution in [0.2, 0.25) is 0 Å². The van der Waals surface area contributed by atoms with Crippen LogP contribution in [0.1, 0.15) is 37.6 Å². The van der Waals surface area contributed by atoms with E-state index in [-0.39, 0.29) is 11.1 Å². The van der Waals surface area contributed by atoms with Crippen LogP contribution < -0.4 is 5.32 Å². The molecule has 0 unspecified atom stereocenters. The molecule has 0 spiro atoms. The van der Waals surface area contributed by atoms with Crippen molar-refractivity contribution in [3.63, 3.8) is 0 Å². The molecule has 2 N–H and O–H groups in total. The van der Waals surface area contributed by atoms with Crippen LogP contribution in [0.5, 0.6) is 0 Å². The van der Waals surface area contributed by atoms with E-state index in [1.165, 1.54) is 0 Å². The Morgan fingerprint density at radius 3 is 2.79 bits per heavy atom. The maximum absolute atomic E-state index is 10.9. The van der Waals surface area contributed by atoms with Gasteiger partial charge < -0.3 is 10.4 Å². The monoisotopic (exact) mass is 259 g/mol. The molecule has 1 aromatic heterocycles. The molecule has 5 heteroatoms. The average Bonchev–Trinajstić information content (AvgIpc) is 2.37. The van der Waals surface area contributed by atoms with E-state index in [0.717, 1.165) is 17.3 Å². The molecule has 0 atom stereocenters. The zero-order chi connectivity index (χ0) is 14.0. The first-order chi connectivity index (χ1) is 8.91. The molecule has 0 radical (unpaired) electrons. The maximum Gasteiger partial charge on any atom is 0.335 e. The number of carboxylic acids is 1. The highest BCUT2D eigenvalue weighted by atomic mass is 16.4. The molecule has 0 aliphatic heterocycles. The summed E-state index contributed by atoms with van der Waals surface area (Å²) in [5.41, 5.74) is 0.898. The Bertz CT molecular complexity index is 623. The summed E-state index contributed by atoms with van der Waals surface area (Å²) in [5.74, 6) is -0.390. The highest BCUT2D eigenvalue weighted by Crippen LogP contribution is 2.18. The van der Waals surface area contributed by atoms with E-state index in [1.807, 2.05) is 0 Å². The molecule has 0 aliphatic carbocycles. The number of rotatable bonds is 4. The number of aromatic carboxylic acids is 1. The Balaban J connectivity index is 2.37.